The van der Waals surface area contributed by atoms with Crippen molar-refractivity contribution in [3.05, 3.63) is 56.3 Å². The second kappa shape index (κ2) is 3.21. The molecule has 15 heavy (non-hydrogen) atoms. The first-order valence-corrected chi connectivity index (χ1v) is 6.22. The largest absolute Gasteiger partial charge is 0.145 e. The van der Waals surface area contributed by atoms with Crippen LogP contribution in [0.1, 0.15) is 32.0 Å². The molecule has 0 nitrogen and oxygen atoms in total. The molecule has 0 unspecified atom stereocenters. The molecule has 0 N–H and O–H groups in total. The third-order valence-electron chi connectivity index (χ3n) is 3.37. The van der Waals surface area contributed by atoms with Crippen molar-refractivity contribution in [1.29, 1.82) is 0 Å². The minimum Gasteiger partial charge on any atom is -0.145 e. The van der Waals surface area contributed by atoms with Gasteiger partial charge in [-0.3, -0.25) is 0 Å². The van der Waals surface area contributed by atoms with E-state index in [1.54, 1.807) is 11.1 Å². The van der Waals surface area contributed by atoms with Gasteiger partial charge < -0.3 is 0 Å². The molecule has 2 aromatic rings. The zero-order valence-electron chi connectivity index (χ0n) is 9.13. The standard InChI is InChI=1S/C14H14S/c1-9-13-7-11-5-3-4-6-12(11)8-14(13)10(2)15-9/h3-6H,7-8H2,1-2H3. The van der Waals surface area contributed by atoms with Crippen LogP contribution in [0.5, 0.6) is 0 Å². The highest BCUT2D eigenvalue weighted by Crippen LogP contribution is 2.35. The van der Waals surface area contributed by atoms with Gasteiger partial charge >= 0.3 is 0 Å². The Morgan fingerprint density at radius 2 is 1.33 bits per heavy atom. The molecule has 1 aromatic carbocycles. The number of benzene rings is 1. The van der Waals surface area contributed by atoms with E-state index >= 15 is 0 Å². The number of hydrogen-bond donors (Lipinski definition) is 0. The molecule has 1 aromatic heterocycles. The van der Waals surface area contributed by atoms with Crippen molar-refractivity contribution in [1.82, 2.24) is 0 Å². The highest BCUT2D eigenvalue weighted by molar-refractivity contribution is 7.12. The van der Waals surface area contributed by atoms with Crippen LogP contribution in [-0.4, -0.2) is 0 Å². The molecule has 0 radical (unpaired) electrons. The third-order valence-corrected chi connectivity index (χ3v) is 4.48. The molecule has 1 heterocycles. The summed E-state index contributed by atoms with van der Waals surface area (Å²) in [7, 11) is 0. The Morgan fingerprint density at radius 3 is 1.80 bits per heavy atom. The first-order chi connectivity index (χ1) is 7.25. The van der Waals surface area contributed by atoms with Crippen LogP contribution in [0.15, 0.2) is 24.3 Å². The molecule has 0 fully saturated rings. The van der Waals surface area contributed by atoms with Crippen LogP contribution in [0.4, 0.5) is 0 Å². The van der Waals surface area contributed by atoms with Gasteiger partial charge in [0.15, 0.2) is 0 Å². The van der Waals surface area contributed by atoms with Crippen molar-refractivity contribution in [3.63, 3.8) is 0 Å². The average molecular weight is 214 g/mol. The van der Waals surface area contributed by atoms with E-state index in [9.17, 15) is 0 Å². The first-order valence-electron chi connectivity index (χ1n) is 5.40. The fourth-order valence-electron chi connectivity index (χ4n) is 2.52. The van der Waals surface area contributed by atoms with Gasteiger partial charge in [0.25, 0.3) is 0 Å². The molecule has 0 saturated carbocycles. The summed E-state index contributed by atoms with van der Waals surface area (Å²) in [6.45, 7) is 4.51. The fourth-order valence-corrected chi connectivity index (χ4v) is 3.62. The van der Waals surface area contributed by atoms with Crippen LogP contribution < -0.4 is 0 Å². The molecular formula is C14H14S. The molecule has 3 rings (SSSR count). The summed E-state index contributed by atoms with van der Waals surface area (Å²) in [4.78, 5) is 3.02. The maximum atomic E-state index is 2.27. The predicted octanol–water partition coefficient (Wildman–Crippen LogP) is 3.86. The molecule has 0 amide bonds. The van der Waals surface area contributed by atoms with Gasteiger partial charge in [-0.15, -0.1) is 11.3 Å². The van der Waals surface area contributed by atoms with Crippen LogP contribution in [0, 0.1) is 13.8 Å². The molecule has 0 atom stereocenters. The van der Waals surface area contributed by atoms with Gasteiger partial charge in [-0.2, -0.15) is 0 Å². The quantitative estimate of drug-likeness (QED) is 0.533. The second-order valence-corrected chi connectivity index (χ2v) is 5.72. The van der Waals surface area contributed by atoms with Crippen molar-refractivity contribution in [3.8, 4) is 0 Å². The molecule has 76 valence electrons. The van der Waals surface area contributed by atoms with Gasteiger partial charge in [0.05, 0.1) is 0 Å². The molecule has 1 aliphatic carbocycles. The van der Waals surface area contributed by atoms with E-state index in [1.165, 1.54) is 20.9 Å². The highest BCUT2D eigenvalue weighted by atomic mass is 32.1. The van der Waals surface area contributed by atoms with E-state index < -0.39 is 0 Å². The van der Waals surface area contributed by atoms with Crippen molar-refractivity contribution in [2.24, 2.45) is 0 Å². The first kappa shape index (κ1) is 9.17. The summed E-state index contributed by atoms with van der Waals surface area (Å²) in [5.41, 5.74) is 6.23. The Bertz CT molecular complexity index is 475. The summed E-state index contributed by atoms with van der Waals surface area (Å²) in [6.07, 6.45) is 2.28. The van der Waals surface area contributed by atoms with Crippen molar-refractivity contribution in [2.45, 2.75) is 26.7 Å². The minimum absolute atomic E-state index is 1.14. The zero-order chi connectivity index (χ0) is 10.4. The maximum Gasteiger partial charge on any atom is 0.00553 e. The van der Waals surface area contributed by atoms with Gasteiger partial charge in [0.1, 0.15) is 0 Å². The summed E-state index contributed by atoms with van der Waals surface area (Å²) in [5.74, 6) is 0. The lowest BCUT2D eigenvalue weighted by Gasteiger charge is -2.17. The van der Waals surface area contributed by atoms with Crippen LogP contribution in [0.3, 0.4) is 0 Å². The smallest absolute Gasteiger partial charge is 0.00553 e. The predicted molar refractivity (Wildman–Crippen MR) is 65.8 cm³/mol. The van der Waals surface area contributed by atoms with Crippen LogP contribution in [0.25, 0.3) is 0 Å². The molecule has 0 spiro atoms. The number of aryl methyl sites for hydroxylation is 2. The SMILES string of the molecule is Cc1sc(C)c2c1Cc1ccccc1C2. The van der Waals surface area contributed by atoms with E-state index in [4.69, 9.17) is 0 Å². The normalized spacial score (nSPS) is 13.5. The van der Waals surface area contributed by atoms with Crippen LogP contribution in [-0.2, 0) is 12.8 Å². The lowest BCUT2D eigenvalue weighted by Crippen LogP contribution is -2.06. The average Bonchev–Trinajstić information content (AvgIpc) is 2.52. The topological polar surface area (TPSA) is 0 Å². The molecule has 1 heteroatoms. The Balaban J connectivity index is 2.16. The second-order valence-electron chi connectivity index (χ2n) is 4.29. The van der Waals surface area contributed by atoms with Gasteiger partial charge in [-0.05, 0) is 48.9 Å². The number of rotatable bonds is 0. The molecule has 0 bridgehead atoms. The van der Waals surface area contributed by atoms with Gasteiger partial charge in [0, 0.05) is 9.75 Å². The number of hydrogen-bond acceptors (Lipinski definition) is 1. The Hall–Kier alpha value is -1.08. The van der Waals surface area contributed by atoms with E-state index in [-0.39, 0.29) is 0 Å². The highest BCUT2D eigenvalue weighted by Gasteiger charge is 2.19. The Morgan fingerprint density at radius 1 is 0.867 bits per heavy atom. The van der Waals surface area contributed by atoms with Crippen molar-refractivity contribution >= 4 is 11.3 Å². The zero-order valence-corrected chi connectivity index (χ0v) is 9.95. The van der Waals surface area contributed by atoms with Crippen LogP contribution in [0.2, 0.25) is 0 Å². The lowest BCUT2D eigenvalue weighted by molar-refractivity contribution is 0.997. The summed E-state index contributed by atoms with van der Waals surface area (Å²) < 4.78 is 0. The summed E-state index contributed by atoms with van der Waals surface area (Å²) >= 11 is 1.96. The lowest BCUT2D eigenvalue weighted by atomic mass is 9.86. The molecule has 0 saturated heterocycles. The minimum atomic E-state index is 1.14. The van der Waals surface area contributed by atoms with Gasteiger partial charge in [0.2, 0.25) is 0 Å². The maximum absolute atomic E-state index is 2.27. The van der Waals surface area contributed by atoms with Crippen molar-refractivity contribution in [2.75, 3.05) is 0 Å². The van der Waals surface area contributed by atoms with Gasteiger partial charge in [-0.1, -0.05) is 24.3 Å². The summed E-state index contributed by atoms with van der Waals surface area (Å²) in [6, 6.07) is 8.84. The number of thiophene rings is 1. The molecule has 1 aliphatic rings. The number of fused-ring (bicyclic) bond motifs is 2. The van der Waals surface area contributed by atoms with Crippen molar-refractivity contribution < 1.29 is 0 Å². The van der Waals surface area contributed by atoms with E-state index in [0.717, 1.165) is 12.8 Å². The van der Waals surface area contributed by atoms with E-state index in [1.807, 2.05) is 11.3 Å². The monoisotopic (exact) mass is 214 g/mol. The Labute approximate surface area is 94.6 Å². The Kier molecular flexibility index (Phi) is 1.96. The molecular weight excluding hydrogens is 200 g/mol. The third kappa shape index (κ3) is 1.34. The van der Waals surface area contributed by atoms with Crippen LogP contribution >= 0.6 is 11.3 Å². The summed E-state index contributed by atoms with van der Waals surface area (Å²) in [5, 5.41) is 0. The van der Waals surface area contributed by atoms with Gasteiger partial charge in [-0.25, -0.2) is 0 Å². The van der Waals surface area contributed by atoms with E-state index in [0.29, 0.717) is 0 Å². The fraction of sp³-hybridized carbons (Fsp3) is 0.286. The molecule has 0 aliphatic heterocycles. The van der Waals surface area contributed by atoms with E-state index in [2.05, 4.69) is 38.1 Å².